The average molecular weight is 202 g/mol. The molecule has 3 atom stereocenters. The van der Waals surface area contributed by atoms with E-state index in [4.69, 9.17) is 10.2 Å². The molecule has 0 aliphatic carbocycles. The number of unbranched alkanes of at least 4 members (excludes halogenated alkanes) is 2. The lowest BCUT2D eigenvalue weighted by atomic mass is 10.0. The minimum atomic E-state index is -0.813. The van der Waals surface area contributed by atoms with E-state index in [-0.39, 0.29) is 6.10 Å². The molecule has 0 aliphatic rings. The Labute approximate surface area is 86.1 Å². The first-order valence-corrected chi connectivity index (χ1v) is 5.24. The van der Waals surface area contributed by atoms with Crippen LogP contribution in [0.3, 0.4) is 0 Å². The second kappa shape index (κ2) is 7.97. The van der Waals surface area contributed by atoms with E-state index in [9.17, 15) is 5.11 Å². The van der Waals surface area contributed by atoms with Crippen molar-refractivity contribution in [2.45, 2.75) is 57.3 Å². The molecule has 14 heavy (non-hydrogen) atoms. The highest BCUT2D eigenvalue weighted by molar-refractivity contribution is 4.83. The third-order valence-electron chi connectivity index (χ3n) is 2.26. The van der Waals surface area contributed by atoms with E-state index >= 15 is 0 Å². The highest BCUT2D eigenvalue weighted by atomic mass is 16.3. The highest BCUT2D eigenvalue weighted by Crippen LogP contribution is 2.09. The Morgan fingerprint density at radius 3 is 2.14 bits per heavy atom. The van der Waals surface area contributed by atoms with Gasteiger partial charge in [-0.2, -0.15) is 0 Å². The zero-order valence-electron chi connectivity index (χ0n) is 8.89. The maximum atomic E-state index is 9.36. The van der Waals surface area contributed by atoms with Crippen LogP contribution in [0.1, 0.15) is 39.0 Å². The monoisotopic (exact) mass is 202 g/mol. The van der Waals surface area contributed by atoms with E-state index in [1.165, 1.54) is 6.08 Å². The van der Waals surface area contributed by atoms with E-state index in [2.05, 4.69) is 6.58 Å². The van der Waals surface area contributed by atoms with Crippen molar-refractivity contribution in [1.29, 1.82) is 0 Å². The molecule has 0 amide bonds. The van der Waals surface area contributed by atoms with E-state index < -0.39 is 12.2 Å². The number of hydrogen-bond acceptors (Lipinski definition) is 3. The Bertz CT molecular complexity index is 145. The molecule has 3 nitrogen and oxygen atoms in total. The van der Waals surface area contributed by atoms with Gasteiger partial charge in [-0.3, -0.25) is 0 Å². The second-order valence-electron chi connectivity index (χ2n) is 3.78. The molecule has 0 unspecified atom stereocenters. The Morgan fingerprint density at radius 2 is 1.64 bits per heavy atom. The highest BCUT2D eigenvalue weighted by Gasteiger charge is 2.11. The Balaban J connectivity index is 3.31. The lowest BCUT2D eigenvalue weighted by molar-refractivity contribution is 0.0415. The topological polar surface area (TPSA) is 60.7 Å². The van der Waals surface area contributed by atoms with Gasteiger partial charge in [0.2, 0.25) is 0 Å². The van der Waals surface area contributed by atoms with E-state index in [1.54, 1.807) is 6.92 Å². The first-order valence-electron chi connectivity index (χ1n) is 5.24. The third kappa shape index (κ3) is 7.06. The predicted octanol–water partition coefficient (Wildman–Crippen LogP) is 1.23. The van der Waals surface area contributed by atoms with Gasteiger partial charge in [0.1, 0.15) is 0 Å². The van der Waals surface area contributed by atoms with Gasteiger partial charge in [-0.05, 0) is 19.8 Å². The maximum Gasteiger partial charge on any atom is 0.0977 e. The zero-order valence-corrected chi connectivity index (χ0v) is 8.89. The SMILES string of the molecule is C=C[C@H](O)[C@@H](O)CCCCC[C@H](C)O. The molecule has 0 spiro atoms. The largest absolute Gasteiger partial charge is 0.393 e. The summed E-state index contributed by atoms with van der Waals surface area (Å²) in [4.78, 5) is 0. The zero-order chi connectivity index (χ0) is 11.0. The molecule has 3 heteroatoms. The number of rotatable bonds is 8. The summed E-state index contributed by atoms with van der Waals surface area (Å²) in [7, 11) is 0. The van der Waals surface area contributed by atoms with Crippen molar-refractivity contribution in [2.75, 3.05) is 0 Å². The number of hydrogen-bond donors (Lipinski definition) is 3. The molecule has 0 aromatic heterocycles. The molecule has 0 aromatic carbocycles. The van der Waals surface area contributed by atoms with Crippen LogP contribution in [0.5, 0.6) is 0 Å². The quantitative estimate of drug-likeness (QED) is 0.410. The van der Waals surface area contributed by atoms with Crippen LogP contribution >= 0.6 is 0 Å². The molecule has 0 aromatic rings. The third-order valence-corrected chi connectivity index (χ3v) is 2.26. The van der Waals surface area contributed by atoms with Crippen LogP contribution in [-0.2, 0) is 0 Å². The fraction of sp³-hybridized carbons (Fsp3) is 0.818. The molecule has 0 aliphatic heterocycles. The summed E-state index contributed by atoms with van der Waals surface area (Å²) in [5.74, 6) is 0. The normalized spacial score (nSPS) is 17.4. The summed E-state index contributed by atoms with van der Waals surface area (Å²) in [6.45, 7) is 5.18. The van der Waals surface area contributed by atoms with E-state index in [0.29, 0.717) is 6.42 Å². The van der Waals surface area contributed by atoms with Crippen LogP contribution in [0.4, 0.5) is 0 Å². The summed E-state index contributed by atoms with van der Waals surface area (Å²) in [5, 5.41) is 27.5. The van der Waals surface area contributed by atoms with Crippen LogP contribution in [0.15, 0.2) is 12.7 Å². The van der Waals surface area contributed by atoms with E-state index in [1.807, 2.05) is 0 Å². The van der Waals surface area contributed by atoms with Crippen LogP contribution in [-0.4, -0.2) is 33.6 Å². The van der Waals surface area contributed by atoms with Crippen LogP contribution < -0.4 is 0 Å². The van der Waals surface area contributed by atoms with Gasteiger partial charge in [0.05, 0.1) is 18.3 Å². The molecular weight excluding hydrogens is 180 g/mol. The average Bonchev–Trinajstić information content (AvgIpc) is 2.15. The lowest BCUT2D eigenvalue weighted by Gasteiger charge is -2.13. The summed E-state index contributed by atoms with van der Waals surface area (Å²) < 4.78 is 0. The van der Waals surface area contributed by atoms with Crippen LogP contribution in [0, 0.1) is 0 Å². The van der Waals surface area contributed by atoms with Gasteiger partial charge in [-0.25, -0.2) is 0 Å². The fourth-order valence-electron chi connectivity index (χ4n) is 1.30. The molecule has 0 rings (SSSR count). The first kappa shape index (κ1) is 13.6. The standard InChI is InChI=1S/C11H22O3/c1-3-10(13)11(14)8-6-4-5-7-9(2)12/h3,9-14H,1,4-8H2,2H3/t9-,10-,11-/m0/s1. The van der Waals surface area contributed by atoms with Crippen molar-refractivity contribution in [3.05, 3.63) is 12.7 Å². The molecule has 0 bridgehead atoms. The van der Waals surface area contributed by atoms with Crippen LogP contribution in [0.2, 0.25) is 0 Å². The van der Waals surface area contributed by atoms with Crippen molar-refractivity contribution in [3.8, 4) is 0 Å². The van der Waals surface area contributed by atoms with Crippen molar-refractivity contribution in [1.82, 2.24) is 0 Å². The Hall–Kier alpha value is -0.380. The number of aliphatic hydroxyl groups excluding tert-OH is 3. The molecule has 0 heterocycles. The van der Waals surface area contributed by atoms with Gasteiger partial charge in [-0.15, -0.1) is 6.58 Å². The van der Waals surface area contributed by atoms with Crippen LogP contribution in [0.25, 0.3) is 0 Å². The van der Waals surface area contributed by atoms with Crippen molar-refractivity contribution >= 4 is 0 Å². The van der Waals surface area contributed by atoms with Crippen molar-refractivity contribution in [2.24, 2.45) is 0 Å². The van der Waals surface area contributed by atoms with Gasteiger partial charge >= 0.3 is 0 Å². The lowest BCUT2D eigenvalue weighted by Crippen LogP contribution is -2.23. The first-order chi connectivity index (χ1) is 6.57. The molecule has 0 radical (unpaired) electrons. The second-order valence-corrected chi connectivity index (χ2v) is 3.78. The summed E-state index contributed by atoms with van der Waals surface area (Å²) >= 11 is 0. The summed E-state index contributed by atoms with van der Waals surface area (Å²) in [6.07, 6.45) is 3.82. The van der Waals surface area contributed by atoms with Gasteiger partial charge in [0.15, 0.2) is 0 Å². The number of aliphatic hydroxyl groups is 3. The Morgan fingerprint density at radius 1 is 1.07 bits per heavy atom. The minimum Gasteiger partial charge on any atom is -0.393 e. The molecular formula is C11H22O3. The van der Waals surface area contributed by atoms with Gasteiger partial charge in [0, 0.05) is 0 Å². The Kier molecular flexibility index (Phi) is 7.76. The van der Waals surface area contributed by atoms with Gasteiger partial charge < -0.3 is 15.3 Å². The molecule has 84 valence electrons. The minimum absolute atomic E-state index is 0.237. The molecule has 0 saturated heterocycles. The molecule has 3 N–H and O–H groups in total. The van der Waals surface area contributed by atoms with Crippen molar-refractivity contribution in [3.63, 3.8) is 0 Å². The van der Waals surface area contributed by atoms with E-state index in [0.717, 1.165) is 25.7 Å². The fourth-order valence-corrected chi connectivity index (χ4v) is 1.30. The van der Waals surface area contributed by atoms with Gasteiger partial charge in [0.25, 0.3) is 0 Å². The maximum absolute atomic E-state index is 9.36. The molecule has 0 fully saturated rings. The van der Waals surface area contributed by atoms with Crippen molar-refractivity contribution < 1.29 is 15.3 Å². The summed E-state index contributed by atoms with van der Waals surface area (Å²) in [6, 6.07) is 0. The predicted molar refractivity (Wildman–Crippen MR) is 57.0 cm³/mol. The van der Waals surface area contributed by atoms with Gasteiger partial charge in [-0.1, -0.05) is 25.3 Å². The molecule has 0 saturated carbocycles. The summed E-state index contributed by atoms with van der Waals surface area (Å²) in [5.41, 5.74) is 0. The smallest absolute Gasteiger partial charge is 0.0977 e.